The summed E-state index contributed by atoms with van der Waals surface area (Å²) < 4.78 is 11.6. The van der Waals surface area contributed by atoms with E-state index >= 15 is 0 Å². The Balaban J connectivity index is 1.27. The maximum Gasteiger partial charge on any atom is 0.118 e. The molecule has 2 fully saturated rings. The van der Waals surface area contributed by atoms with E-state index < -0.39 is 0 Å². The Morgan fingerprint density at radius 2 is 1.82 bits per heavy atom. The third-order valence-electron chi connectivity index (χ3n) is 6.33. The molecule has 4 rings (SSSR count). The van der Waals surface area contributed by atoms with Crippen molar-refractivity contribution in [2.24, 2.45) is 0 Å². The van der Waals surface area contributed by atoms with E-state index in [9.17, 15) is 0 Å². The molecule has 2 aliphatic heterocycles. The van der Waals surface area contributed by atoms with Gasteiger partial charge in [-0.15, -0.1) is 0 Å². The Bertz CT molecular complexity index is 742. The van der Waals surface area contributed by atoms with Crippen LogP contribution in [0.25, 0.3) is 0 Å². The minimum Gasteiger partial charge on any atom is -0.497 e. The Morgan fingerprint density at radius 3 is 2.50 bits per heavy atom. The number of methoxy groups -OCH3 is 1. The number of hydrogen-bond acceptors (Lipinski definition) is 5. The molecule has 0 bridgehead atoms. The van der Waals surface area contributed by atoms with Gasteiger partial charge in [-0.05, 0) is 61.7 Å². The molecule has 1 aromatic heterocycles. The molecule has 1 aromatic carbocycles. The lowest BCUT2D eigenvalue weighted by Crippen LogP contribution is -2.44. The molecular weight excluding hydrogens is 350 g/mol. The van der Waals surface area contributed by atoms with E-state index in [4.69, 9.17) is 9.47 Å². The molecule has 5 heteroatoms. The number of hydrogen-bond donors (Lipinski definition) is 0. The van der Waals surface area contributed by atoms with Gasteiger partial charge in [0.15, 0.2) is 0 Å². The molecule has 0 radical (unpaired) electrons. The zero-order valence-corrected chi connectivity index (χ0v) is 17.0. The van der Waals surface area contributed by atoms with Crippen LogP contribution in [0, 0.1) is 0 Å². The van der Waals surface area contributed by atoms with Crippen LogP contribution in [0.1, 0.15) is 30.4 Å². The second-order valence-corrected chi connectivity index (χ2v) is 8.25. The quantitative estimate of drug-likeness (QED) is 0.767. The summed E-state index contributed by atoms with van der Waals surface area (Å²) in [6, 6.07) is 13.1. The predicted octanol–water partition coefficient (Wildman–Crippen LogP) is 3.35. The van der Waals surface area contributed by atoms with E-state index in [0.717, 1.165) is 57.8 Å². The SMILES string of the molecule is COc1ccc(CN2CCC3(CC2)C[C@@H](N(C)Cc2ccncc2)CO3)cc1. The van der Waals surface area contributed by atoms with Crippen molar-refractivity contribution in [1.82, 2.24) is 14.8 Å². The maximum atomic E-state index is 6.38. The van der Waals surface area contributed by atoms with Crippen molar-refractivity contribution in [3.05, 3.63) is 59.9 Å². The molecule has 150 valence electrons. The van der Waals surface area contributed by atoms with E-state index in [1.165, 1.54) is 11.1 Å². The van der Waals surface area contributed by atoms with Crippen LogP contribution >= 0.6 is 0 Å². The summed E-state index contributed by atoms with van der Waals surface area (Å²) >= 11 is 0. The normalized spacial score (nSPS) is 22.0. The van der Waals surface area contributed by atoms with Gasteiger partial charge in [0, 0.05) is 44.6 Å². The fourth-order valence-corrected chi connectivity index (χ4v) is 4.46. The number of pyridine rings is 1. The van der Waals surface area contributed by atoms with Gasteiger partial charge in [-0.1, -0.05) is 12.1 Å². The number of aromatic nitrogens is 1. The van der Waals surface area contributed by atoms with Crippen LogP contribution in [0.5, 0.6) is 5.75 Å². The summed E-state index contributed by atoms with van der Waals surface area (Å²) in [5.74, 6) is 0.919. The summed E-state index contributed by atoms with van der Waals surface area (Å²) in [7, 11) is 3.93. The van der Waals surface area contributed by atoms with Crippen LogP contribution < -0.4 is 4.74 Å². The average Bonchev–Trinajstić information content (AvgIpc) is 3.15. The molecule has 1 spiro atoms. The van der Waals surface area contributed by atoms with E-state index in [-0.39, 0.29) is 5.60 Å². The molecule has 5 nitrogen and oxygen atoms in total. The first-order valence-electron chi connectivity index (χ1n) is 10.2. The minimum absolute atomic E-state index is 0.0770. The first-order chi connectivity index (χ1) is 13.7. The van der Waals surface area contributed by atoms with Crippen LogP contribution in [0.15, 0.2) is 48.8 Å². The molecule has 2 aromatic rings. The fourth-order valence-electron chi connectivity index (χ4n) is 4.46. The zero-order chi connectivity index (χ0) is 19.4. The third-order valence-corrected chi connectivity index (χ3v) is 6.33. The van der Waals surface area contributed by atoms with Crippen molar-refractivity contribution in [2.75, 3.05) is 33.9 Å². The monoisotopic (exact) mass is 381 g/mol. The Hall–Kier alpha value is -1.95. The molecule has 0 amide bonds. The van der Waals surface area contributed by atoms with Crippen molar-refractivity contribution in [2.45, 2.75) is 44.0 Å². The number of likely N-dealkylation sites (N-methyl/N-ethyl adjacent to an activating group) is 1. The van der Waals surface area contributed by atoms with Crippen molar-refractivity contribution in [1.29, 1.82) is 0 Å². The lowest BCUT2D eigenvalue weighted by atomic mass is 9.87. The van der Waals surface area contributed by atoms with Gasteiger partial charge in [-0.3, -0.25) is 14.8 Å². The van der Waals surface area contributed by atoms with Crippen LogP contribution in [-0.4, -0.2) is 60.3 Å². The van der Waals surface area contributed by atoms with Gasteiger partial charge in [0.2, 0.25) is 0 Å². The van der Waals surface area contributed by atoms with E-state index in [1.807, 2.05) is 24.5 Å². The first kappa shape index (κ1) is 19.4. The van der Waals surface area contributed by atoms with Gasteiger partial charge in [0.1, 0.15) is 5.75 Å². The Kier molecular flexibility index (Phi) is 5.95. The topological polar surface area (TPSA) is 37.8 Å². The number of likely N-dealkylation sites (tertiary alicyclic amines) is 1. The molecule has 0 aliphatic carbocycles. The summed E-state index contributed by atoms with van der Waals surface area (Å²) in [6.07, 6.45) is 7.14. The molecule has 2 saturated heterocycles. The number of nitrogens with zero attached hydrogens (tertiary/aromatic N) is 3. The van der Waals surface area contributed by atoms with Crippen LogP contribution in [0.2, 0.25) is 0 Å². The van der Waals surface area contributed by atoms with Crippen LogP contribution in [-0.2, 0) is 17.8 Å². The molecule has 1 atom stereocenters. The molecule has 28 heavy (non-hydrogen) atoms. The highest BCUT2D eigenvalue weighted by Gasteiger charge is 2.43. The third kappa shape index (κ3) is 4.54. The van der Waals surface area contributed by atoms with E-state index in [1.54, 1.807) is 7.11 Å². The highest BCUT2D eigenvalue weighted by Crippen LogP contribution is 2.38. The molecule has 2 aliphatic rings. The Morgan fingerprint density at radius 1 is 1.11 bits per heavy atom. The highest BCUT2D eigenvalue weighted by molar-refractivity contribution is 5.27. The summed E-state index contributed by atoms with van der Waals surface area (Å²) in [5, 5.41) is 0. The number of rotatable bonds is 6. The standard InChI is InChI=1S/C23H31N3O2/c1-25(16-20-7-11-24-12-8-20)21-15-23(28-18-21)9-13-26(14-10-23)17-19-3-5-22(27-2)6-4-19/h3-8,11-12,21H,9-10,13-18H2,1-2H3/t21-/m1/s1. The summed E-state index contributed by atoms with van der Waals surface area (Å²) in [5.41, 5.74) is 2.74. The van der Waals surface area contributed by atoms with Crippen LogP contribution in [0.3, 0.4) is 0 Å². The Labute approximate surface area is 168 Å². The van der Waals surface area contributed by atoms with Crippen molar-refractivity contribution in [3.63, 3.8) is 0 Å². The maximum absolute atomic E-state index is 6.38. The molecule has 0 unspecified atom stereocenters. The zero-order valence-electron chi connectivity index (χ0n) is 17.0. The molecular formula is C23H31N3O2. The highest BCUT2D eigenvalue weighted by atomic mass is 16.5. The van der Waals surface area contributed by atoms with Gasteiger partial charge in [-0.25, -0.2) is 0 Å². The summed E-state index contributed by atoms with van der Waals surface area (Å²) in [6.45, 7) is 5.02. The van der Waals surface area contributed by atoms with E-state index in [2.05, 4.69) is 46.1 Å². The number of benzene rings is 1. The largest absolute Gasteiger partial charge is 0.497 e. The van der Waals surface area contributed by atoms with Crippen molar-refractivity contribution >= 4 is 0 Å². The number of piperidine rings is 1. The second-order valence-electron chi connectivity index (χ2n) is 8.25. The van der Waals surface area contributed by atoms with Crippen molar-refractivity contribution < 1.29 is 9.47 Å². The van der Waals surface area contributed by atoms with Crippen LogP contribution in [0.4, 0.5) is 0 Å². The number of ether oxygens (including phenoxy) is 2. The molecule has 0 saturated carbocycles. The van der Waals surface area contributed by atoms with E-state index in [0.29, 0.717) is 6.04 Å². The molecule has 3 heterocycles. The van der Waals surface area contributed by atoms with Gasteiger partial charge in [-0.2, -0.15) is 0 Å². The summed E-state index contributed by atoms with van der Waals surface area (Å²) in [4.78, 5) is 9.09. The second kappa shape index (κ2) is 8.60. The minimum atomic E-state index is 0.0770. The predicted molar refractivity (Wildman–Crippen MR) is 110 cm³/mol. The van der Waals surface area contributed by atoms with Crippen molar-refractivity contribution in [3.8, 4) is 5.75 Å². The van der Waals surface area contributed by atoms with Gasteiger partial charge >= 0.3 is 0 Å². The molecule has 0 N–H and O–H groups in total. The fraction of sp³-hybridized carbons (Fsp3) is 0.522. The first-order valence-corrected chi connectivity index (χ1v) is 10.2. The smallest absolute Gasteiger partial charge is 0.118 e. The van der Waals surface area contributed by atoms with Gasteiger partial charge < -0.3 is 9.47 Å². The van der Waals surface area contributed by atoms with Gasteiger partial charge in [0.05, 0.1) is 19.3 Å². The van der Waals surface area contributed by atoms with Gasteiger partial charge in [0.25, 0.3) is 0 Å². The lowest BCUT2D eigenvalue weighted by molar-refractivity contribution is -0.0452. The average molecular weight is 382 g/mol. The lowest BCUT2D eigenvalue weighted by Gasteiger charge is -2.39.